The van der Waals surface area contributed by atoms with Crippen molar-refractivity contribution in [3.8, 4) is 0 Å². The van der Waals surface area contributed by atoms with Crippen molar-refractivity contribution in [2.45, 2.75) is 32.1 Å². The molecule has 4 heteroatoms. The van der Waals surface area contributed by atoms with Gasteiger partial charge in [-0.2, -0.15) is 0 Å². The lowest BCUT2D eigenvalue weighted by molar-refractivity contribution is 0.0948. The van der Waals surface area contributed by atoms with Gasteiger partial charge in [0.15, 0.2) is 5.78 Å². The van der Waals surface area contributed by atoms with Crippen LogP contribution in [0.4, 0.5) is 0 Å². The molecule has 0 spiro atoms. The lowest BCUT2D eigenvalue weighted by Crippen LogP contribution is -2.14. The van der Waals surface area contributed by atoms with E-state index in [-0.39, 0.29) is 5.78 Å². The molecular formula is C13H14BrClOS. The number of fused-ring (bicyclic) bond motifs is 2. The molecule has 1 nitrogen and oxygen atoms in total. The maximum Gasteiger partial charge on any atom is 0.173 e. The van der Waals surface area contributed by atoms with E-state index in [4.69, 9.17) is 11.6 Å². The number of ketones is 1. The fourth-order valence-electron chi connectivity index (χ4n) is 3.45. The summed E-state index contributed by atoms with van der Waals surface area (Å²) in [7, 11) is 0. The zero-order valence-electron chi connectivity index (χ0n) is 9.42. The molecule has 2 aliphatic carbocycles. The van der Waals surface area contributed by atoms with Gasteiger partial charge in [0.1, 0.15) is 0 Å². The van der Waals surface area contributed by atoms with Crippen molar-refractivity contribution in [3.05, 3.63) is 19.8 Å². The SMILES string of the molecule is O=C(CC1CC2CCC1C2)c1cc(Cl)c(Br)s1. The number of carbonyl (C=O) groups excluding carboxylic acids is 1. The third-order valence-electron chi connectivity index (χ3n) is 4.25. The van der Waals surface area contributed by atoms with Crippen LogP contribution in [-0.4, -0.2) is 5.78 Å². The Morgan fingerprint density at radius 3 is 2.82 bits per heavy atom. The van der Waals surface area contributed by atoms with Gasteiger partial charge in [-0.25, -0.2) is 0 Å². The van der Waals surface area contributed by atoms with E-state index in [0.717, 1.165) is 26.9 Å². The van der Waals surface area contributed by atoms with Crippen molar-refractivity contribution in [1.82, 2.24) is 0 Å². The second-order valence-electron chi connectivity index (χ2n) is 5.29. The number of thiophene rings is 1. The van der Waals surface area contributed by atoms with E-state index in [1.165, 1.54) is 37.0 Å². The molecule has 0 N–H and O–H groups in total. The van der Waals surface area contributed by atoms with Crippen molar-refractivity contribution in [2.75, 3.05) is 0 Å². The maximum atomic E-state index is 12.2. The summed E-state index contributed by atoms with van der Waals surface area (Å²) in [5.41, 5.74) is 0. The normalized spacial score (nSPS) is 31.1. The van der Waals surface area contributed by atoms with E-state index < -0.39 is 0 Å². The largest absolute Gasteiger partial charge is 0.293 e. The van der Waals surface area contributed by atoms with Crippen LogP contribution in [0.15, 0.2) is 9.85 Å². The van der Waals surface area contributed by atoms with Gasteiger partial charge < -0.3 is 0 Å². The summed E-state index contributed by atoms with van der Waals surface area (Å²) < 4.78 is 0.871. The Labute approximate surface area is 119 Å². The number of rotatable bonds is 3. The van der Waals surface area contributed by atoms with Crippen LogP contribution in [0.1, 0.15) is 41.8 Å². The fourth-order valence-corrected chi connectivity index (χ4v) is 5.10. The molecule has 2 fully saturated rings. The van der Waals surface area contributed by atoms with Crippen LogP contribution in [0.25, 0.3) is 0 Å². The van der Waals surface area contributed by atoms with E-state index >= 15 is 0 Å². The number of hydrogen-bond acceptors (Lipinski definition) is 2. The van der Waals surface area contributed by atoms with E-state index in [1.807, 2.05) is 0 Å². The summed E-state index contributed by atoms with van der Waals surface area (Å²) in [5, 5.41) is 0.659. The molecule has 3 unspecified atom stereocenters. The number of halogens is 2. The van der Waals surface area contributed by atoms with E-state index in [2.05, 4.69) is 15.9 Å². The van der Waals surface area contributed by atoms with Crippen molar-refractivity contribution >= 4 is 44.7 Å². The Bertz CT molecular complexity index is 437. The Morgan fingerprint density at radius 1 is 1.47 bits per heavy atom. The van der Waals surface area contributed by atoms with Gasteiger partial charge in [0.25, 0.3) is 0 Å². The molecule has 0 radical (unpaired) electrons. The molecule has 0 aliphatic heterocycles. The molecule has 3 rings (SSSR count). The predicted octanol–water partition coefficient (Wildman–Crippen LogP) is 5.17. The maximum absolute atomic E-state index is 12.2. The van der Waals surface area contributed by atoms with Crippen LogP contribution >= 0.6 is 38.9 Å². The molecule has 0 aromatic carbocycles. The van der Waals surface area contributed by atoms with E-state index in [9.17, 15) is 4.79 Å². The van der Waals surface area contributed by atoms with Gasteiger partial charge in [-0.3, -0.25) is 4.79 Å². The van der Waals surface area contributed by atoms with Crippen LogP contribution in [-0.2, 0) is 0 Å². The zero-order chi connectivity index (χ0) is 12.0. The monoisotopic (exact) mass is 332 g/mol. The summed E-state index contributed by atoms with van der Waals surface area (Å²) in [6.45, 7) is 0. The highest BCUT2D eigenvalue weighted by Gasteiger charge is 2.40. The van der Waals surface area contributed by atoms with Crippen molar-refractivity contribution in [3.63, 3.8) is 0 Å². The van der Waals surface area contributed by atoms with Crippen LogP contribution in [0.5, 0.6) is 0 Å². The molecule has 0 saturated heterocycles. The second-order valence-corrected chi connectivity index (χ2v) is 8.07. The highest BCUT2D eigenvalue weighted by Crippen LogP contribution is 2.50. The van der Waals surface area contributed by atoms with Gasteiger partial charge in [0.05, 0.1) is 13.7 Å². The Kier molecular flexibility index (Phi) is 3.35. The van der Waals surface area contributed by atoms with Gasteiger partial charge >= 0.3 is 0 Å². The highest BCUT2D eigenvalue weighted by molar-refractivity contribution is 9.11. The lowest BCUT2D eigenvalue weighted by Gasteiger charge is -2.20. The Hall–Kier alpha value is 0.140. The predicted molar refractivity (Wildman–Crippen MR) is 74.9 cm³/mol. The van der Waals surface area contributed by atoms with Crippen molar-refractivity contribution < 1.29 is 4.79 Å². The van der Waals surface area contributed by atoms with Crippen molar-refractivity contribution in [2.24, 2.45) is 17.8 Å². The molecule has 2 bridgehead atoms. The minimum absolute atomic E-state index is 0.278. The van der Waals surface area contributed by atoms with Crippen molar-refractivity contribution in [1.29, 1.82) is 0 Å². The molecule has 3 atom stereocenters. The first kappa shape index (κ1) is 12.2. The van der Waals surface area contributed by atoms with Gasteiger partial charge in [-0.1, -0.05) is 18.0 Å². The van der Waals surface area contributed by atoms with Crippen LogP contribution < -0.4 is 0 Å². The molecule has 0 amide bonds. The third-order valence-corrected chi connectivity index (χ3v) is 6.77. The highest BCUT2D eigenvalue weighted by atomic mass is 79.9. The zero-order valence-corrected chi connectivity index (χ0v) is 12.6. The molecule has 1 heterocycles. The fraction of sp³-hybridized carbons (Fsp3) is 0.615. The molecule has 1 aromatic heterocycles. The minimum atomic E-state index is 0.278. The van der Waals surface area contributed by atoms with Crippen LogP contribution in [0.3, 0.4) is 0 Å². The van der Waals surface area contributed by atoms with E-state index in [0.29, 0.717) is 10.9 Å². The first-order chi connectivity index (χ1) is 8.13. The van der Waals surface area contributed by atoms with Gasteiger partial charge in [0, 0.05) is 6.42 Å². The summed E-state index contributed by atoms with van der Waals surface area (Å²) in [6.07, 6.45) is 6.11. The summed E-state index contributed by atoms with van der Waals surface area (Å²) >= 11 is 10.8. The smallest absolute Gasteiger partial charge is 0.173 e. The Balaban J connectivity index is 1.67. The quantitative estimate of drug-likeness (QED) is 0.697. The molecule has 2 saturated carbocycles. The average Bonchev–Trinajstić information content (AvgIpc) is 2.95. The van der Waals surface area contributed by atoms with Gasteiger partial charge in [0.2, 0.25) is 0 Å². The van der Waals surface area contributed by atoms with Gasteiger partial charge in [-0.05, 0) is 59.0 Å². The first-order valence-electron chi connectivity index (χ1n) is 6.11. The molecule has 2 aliphatic rings. The van der Waals surface area contributed by atoms with Crippen LogP contribution in [0.2, 0.25) is 5.02 Å². The summed E-state index contributed by atoms with van der Waals surface area (Å²) in [6, 6.07) is 1.80. The molecular weight excluding hydrogens is 320 g/mol. The number of hydrogen-bond donors (Lipinski definition) is 0. The lowest BCUT2D eigenvalue weighted by atomic mass is 9.85. The summed E-state index contributed by atoms with van der Waals surface area (Å²) in [5.74, 6) is 2.65. The molecule has 92 valence electrons. The minimum Gasteiger partial charge on any atom is -0.293 e. The summed E-state index contributed by atoms with van der Waals surface area (Å²) in [4.78, 5) is 13.0. The number of Topliss-reactive ketones (excluding diaryl/α,β-unsaturated/α-hetero) is 1. The van der Waals surface area contributed by atoms with Gasteiger partial charge in [-0.15, -0.1) is 11.3 Å². The van der Waals surface area contributed by atoms with Crippen LogP contribution in [0, 0.1) is 17.8 Å². The second kappa shape index (κ2) is 4.67. The molecule has 1 aromatic rings. The number of carbonyl (C=O) groups is 1. The third kappa shape index (κ3) is 2.34. The average molecular weight is 334 g/mol. The topological polar surface area (TPSA) is 17.1 Å². The first-order valence-corrected chi connectivity index (χ1v) is 8.10. The standard InChI is InChI=1S/C13H14BrClOS/c14-13-10(15)6-12(17-13)11(16)5-9-4-7-1-2-8(9)3-7/h6-9H,1-5H2. The Morgan fingerprint density at radius 2 is 2.29 bits per heavy atom. The molecule has 17 heavy (non-hydrogen) atoms. The van der Waals surface area contributed by atoms with E-state index in [1.54, 1.807) is 6.07 Å².